The highest BCUT2D eigenvalue weighted by molar-refractivity contribution is 8.00. The van der Waals surface area contributed by atoms with Crippen molar-refractivity contribution in [1.82, 2.24) is 10.2 Å². The van der Waals surface area contributed by atoms with Gasteiger partial charge in [-0.05, 0) is 61.2 Å². The van der Waals surface area contributed by atoms with Gasteiger partial charge in [-0.15, -0.1) is 11.8 Å². The largest absolute Gasteiger partial charge is 0.497 e. The summed E-state index contributed by atoms with van der Waals surface area (Å²) in [5.41, 5.74) is 0.963. The number of nitrogens with one attached hydrogen (secondary N) is 1. The maximum absolute atomic E-state index is 13.4. The molecule has 0 aromatic heterocycles. The fraction of sp³-hybridized carbons (Fsp3) is 0.462. The lowest BCUT2D eigenvalue weighted by molar-refractivity contribution is -0.139. The fourth-order valence-electron chi connectivity index (χ4n) is 4.15. The zero-order valence-electron chi connectivity index (χ0n) is 19.4. The number of ether oxygens (including phenoxy) is 1. The van der Waals surface area contributed by atoms with Crippen LogP contribution in [-0.2, 0) is 16.1 Å². The predicted molar refractivity (Wildman–Crippen MR) is 135 cm³/mol. The number of rotatable bonds is 10. The molecule has 178 valence electrons. The Balaban J connectivity index is 1.74. The SMILES string of the molecule is CC[C@H](C(=O)NC1CCCCC1)N(Cc1ccc(OC)cc1)C(=O)CSc1ccc(Cl)cc1. The Morgan fingerprint density at radius 1 is 1.09 bits per heavy atom. The summed E-state index contributed by atoms with van der Waals surface area (Å²) in [5.74, 6) is 0.904. The summed E-state index contributed by atoms with van der Waals surface area (Å²) in [6.45, 7) is 2.34. The Bertz CT molecular complexity index is 899. The first kappa shape index (κ1) is 25.4. The minimum absolute atomic E-state index is 0.0530. The average molecular weight is 489 g/mol. The minimum Gasteiger partial charge on any atom is -0.497 e. The van der Waals surface area contributed by atoms with Gasteiger partial charge in [0.25, 0.3) is 0 Å². The number of hydrogen-bond acceptors (Lipinski definition) is 4. The molecule has 33 heavy (non-hydrogen) atoms. The highest BCUT2D eigenvalue weighted by atomic mass is 35.5. The molecule has 0 saturated heterocycles. The van der Waals surface area contributed by atoms with Gasteiger partial charge in [-0.3, -0.25) is 9.59 Å². The first-order chi connectivity index (χ1) is 16.0. The molecule has 0 radical (unpaired) electrons. The van der Waals surface area contributed by atoms with Crippen LogP contribution in [0.25, 0.3) is 0 Å². The second kappa shape index (κ2) is 12.9. The number of nitrogens with zero attached hydrogens (tertiary/aromatic N) is 1. The van der Waals surface area contributed by atoms with E-state index < -0.39 is 6.04 Å². The van der Waals surface area contributed by atoms with Crippen LogP contribution in [0.15, 0.2) is 53.4 Å². The number of amides is 2. The van der Waals surface area contributed by atoms with Crippen LogP contribution in [0.2, 0.25) is 5.02 Å². The van der Waals surface area contributed by atoms with Gasteiger partial charge in [-0.1, -0.05) is 49.9 Å². The van der Waals surface area contributed by atoms with Gasteiger partial charge >= 0.3 is 0 Å². The zero-order valence-corrected chi connectivity index (χ0v) is 21.0. The predicted octanol–water partition coefficient (Wildman–Crippen LogP) is 5.70. The summed E-state index contributed by atoms with van der Waals surface area (Å²) in [4.78, 5) is 29.3. The lowest BCUT2D eigenvalue weighted by Crippen LogP contribution is -2.52. The van der Waals surface area contributed by atoms with E-state index in [1.807, 2.05) is 55.5 Å². The summed E-state index contributed by atoms with van der Waals surface area (Å²) in [6, 6.07) is 14.8. The quantitative estimate of drug-likeness (QED) is 0.436. The van der Waals surface area contributed by atoms with E-state index in [-0.39, 0.29) is 23.6 Å². The normalized spacial score (nSPS) is 15.0. The third-order valence-corrected chi connectivity index (χ3v) is 7.27. The summed E-state index contributed by atoms with van der Waals surface area (Å²) in [6.07, 6.45) is 6.11. The summed E-state index contributed by atoms with van der Waals surface area (Å²) in [5, 5.41) is 3.88. The molecule has 2 aromatic rings. The molecule has 1 aliphatic rings. The number of benzene rings is 2. The van der Waals surface area contributed by atoms with E-state index in [9.17, 15) is 9.59 Å². The molecule has 3 rings (SSSR count). The van der Waals surface area contributed by atoms with E-state index in [4.69, 9.17) is 16.3 Å². The highest BCUT2D eigenvalue weighted by Gasteiger charge is 2.30. The lowest BCUT2D eigenvalue weighted by Gasteiger charge is -2.32. The van der Waals surface area contributed by atoms with Crippen molar-refractivity contribution in [3.8, 4) is 5.75 Å². The second-order valence-corrected chi connectivity index (χ2v) is 9.87. The molecule has 7 heteroatoms. The molecule has 0 bridgehead atoms. The molecule has 0 unspecified atom stereocenters. The van der Waals surface area contributed by atoms with Crippen LogP contribution in [0.5, 0.6) is 5.75 Å². The van der Waals surface area contributed by atoms with E-state index in [1.165, 1.54) is 18.2 Å². The van der Waals surface area contributed by atoms with Gasteiger partial charge in [0, 0.05) is 22.5 Å². The van der Waals surface area contributed by atoms with Gasteiger partial charge in [0.15, 0.2) is 0 Å². The topological polar surface area (TPSA) is 58.6 Å². The molecule has 0 heterocycles. The Labute approximate surface area is 206 Å². The van der Waals surface area contributed by atoms with Gasteiger partial charge in [-0.25, -0.2) is 0 Å². The molecule has 1 N–H and O–H groups in total. The van der Waals surface area contributed by atoms with Crippen molar-refractivity contribution in [2.75, 3.05) is 12.9 Å². The summed E-state index contributed by atoms with van der Waals surface area (Å²) >= 11 is 7.43. The van der Waals surface area contributed by atoms with Crippen molar-refractivity contribution < 1.29 is 14.3 Å². The molecule has 1 fully saturated rings. The molecule has 1 aliphatic carbocycles. The molecular weight excluding hydrogens is 456 g/mol. The van der Waals surface area contributed by atoms with E-state index in [0.29, 0.717) is 18.0 Å². The van der Waals surface area contributed by atoms with Crippen molar-refractivity contribution in [3.63, 3.8) is 0 Å². The molecule has 1 saturated carbocycles. The molecule has 5 nitrogen and oxygen atoms in total. The lowest BCUT2D eigenvalue weighted by atomic mass is 9.95. The number of hydrogen-bond donors (Lipinski definition) is 1. The maximum atomic E-state index is 13.4. The number of halogens is 1. The van der Waals surface area contributed by atoms with Crippen LogP contribution in [0.3, 0.4) is 0 Å². The number of thioether (sulfide) groups is 1. The van der Waals surface area contributed by atoms with Crippen LogP contribution in [-0.4, -0.2) is 41.7 Å². The Kier molecular flexibility index (Phi) is 9.95. The third-order valence-electron chi connectivity index (χ3n) is 6.03. The Hall–Kier alpha value is -2.18. The van der Waals surface area contributed by atoms with Crippen LogP contribution in [0.4, 0.5) is 0 Å². The van der Waals surface area contributed by atoms with Gasteiger partial charge < -0.3 is 15.0 Å². The zero-order chi connectivity index (χ0) is 23.6. The Morgan fingerprint density at radius 3 is 2.36 bits per heavy atom. The number of carbonyl (C=O) groups excluding carboxylic acids is 2. The maximum Gasteiger partial charge on any atom is 0.243 e. The molecule has 0 spiro atoms. The third kappa shape index (κ3) is 7.68. The molecule has 2 amide bonds. The monoisotopic (exact) mass is 488 g/mol. The van der Waals surface area contributed by atoms with Crippen molar-refractivity contribution in [2.24, 2.45) is 0 Å². The Morgan fingerprint density at radius 2 is 1.76 bits per heavy atom. The van der Waals surface area contributed by atoms with E-state index in [0.717, 1.165) is 41.9 Å². The molecule has 1 atom stereocenters. The van der Waals surface area contributed by atoms with E-state index in [1.54, 1.807) is 12.0 Å². The van der Waals surface area contributed by atoms with Crippen LogP contribution < -0.4 is 10.1 Å². The first-order valence-corrected chi connectivity index (χ1v) is 13.0. The first-order valence-electron chi connectivity index (χ1n) is 11.6. The highest BCUT2D eigenvalue weighted by Crippen LogP contribution is 2.23. The van der Waals surface area contributed by atoms with Gasteiger partial charge in [0.1, 0.15) is 11.8 Å². The van der Waals surface area contributed by atoms with E-state index in [2.05, 4.69) is 5.32 Å². The number of methoxy groups -OCH3 is 1. The van der Waals surface area contributed by atoms with Crippen molar-refractivity contribution >= 4 is 35.2 Å². The molecule has 2 aromatic carbocycles. The van der Waals surface area contributed by atoms with Crippen molar-refractivity contribution in [2.45, 2.75) is 69.0 Å². The van der Waals surface area contributed by atoms with Gasteiger partial charge in [-0.2, -0.15) is 0 Å². The fourth-order valence-corrected chi connectivity index (χ4v) is 5.06. The van der Waals surface area contributed by atoms with Gasteiger partial charge in [0.05, 0.1) is 12.9 Å². The van der Waals surface area contributed by atoms with Crippen molar-refractivity contribution in [1.29, 1.82) is 0 Å². The number of carbonyl (C=O) groups is 2. The smallest absolute Gasteiger partial charge is 0.243 e. The molecule has 0 aliphatic heterocycles. The van der Waals surface area contributed by atoms with Gasteiger partial charge in [0.2, 0.25) is 11.8 Å². The van der Waals surface area contributed by atoms with E-state index >= 15 is 0 Å². The second-order valence-electron chi connectivity index (χ2n) is 8.38. The summed E-state index contributed by atoms with van der Waals surface area (Å²) in [7, 11) is 1.63. The van der Waals surface area contributed by atoms with Crippen LogP contribution >= 0.6 is 23.4 Å². The summed E-state index contributed by atoms with van der Waals surface area (Å²) < 4.78 is 5.25. The van der Waals surface area contributed by atoms with Crippen LogP contribution in [0.1, 0.15) is 51.0 Å². The minimum atomic E-state index is -0.507. The molecular formula is C26H33ClN2O3S. The average Bonchev–Trinajstić information content (AvgIpc) is 2.84. The standard InChI is InChI=1S/C26H33ClN2O3S/c1-3-24(26(31)28-21-7-5-4-6-8-21)29(17-19-9-13-22(32-2)14-10-19)25(30)18-33-23-15-11-20(27)12-16-23/h9-16,21,24H,3-8,17-18H2,1-2H3,(H,28,31)/t24-/m1/s1. The van der Waals surface area contributed by atoms with Crippen LogP contribution in [0, 0.1) is 0 Å². The van der Waals surface area contributed by atoms with Crippen molar-refractivity contribution in [3.05, 3.63) is 59.1 Å².